The minimum atomic E-state index is -4.17. The zero-order valence-electron chi connectivity index (χ0n) is 26.6. The van der Waals surface area contributed by atoms with E-state index in [-0.39, 0.29) is 35.0 Å². The molecular formula is C38H36N2O6S2. The maximum absolute atomic E-state index is 14.9. The van der Waals surface area contributed by atoms with E-state index in [9.17, 15) is 21.6 Å². The number of carbonyl (C=O) groups is 1. The van der Waals surface area contributed by atoms with E-state index in [4.69, 9.17) is 4.74 Å². The summed E-state index contributed by atoms with van der Waals surface area (Å²) in [6, 6.07) is 33.2. The summed E-state index contributed by atoms with van der Waals surface area (Å²) in [6.45, 7) is 1.74. The number of fused-ring (bicyclic) bond motifs is 2. The summed E-state index contributed by atoms with van der Waals surface area (Å²) >= 11 is 0. The lowest BCUT2D eigenvalue weighted by Crippen LogP contribution is -2.60. The molecule has 5 aromatic rings. The summed E-state index contributed by atoms with van der Waals surface area (Å²) in [4.78, 5) is 14.5. The van der Waals surface area contributed by atoms with Crippen molar-refractivity contribution in [1.82, 2.24) is 8.61 Å². The number of methoxy groups -OCH3 is 1. The van der Waals surface area contributed by atoms with Crippen LogP contribution in [0.1, 0.15) is 41.6 Å². The quantitative estimate of drug-likeness (QED) is 0.190. The van der Waals surface area contributed by atoms with Crippen molar-refractivity contribution < 1.29 is 26.4 Å². The van der Waals surface area contributed by atoms with Gasteiger partial charge >= 0.3 is 0 Å². The maximum Gasteiger partial charge on any atom is 0.243 e. The Morgan fingerprint density at radius 3 is 2.04 bits per heavy atom. The van der Waals surface area contributed by atoms with Crippen LogP contribution in [0.5, 0.6) is 5.75 Å². The number of ketones is 1. The van der Waals surface area contributed by atoms with Gasteiger partial charge in [0.2, 0.25) is 20.0 Å². The van der Waals surface area contributed by atoms with Crippen molar-refractivity contribution in [2.75, 3.05) is 13.7 Å². The molecule has 0 N–H and O–H groups in total. The molecule has 0 spiro atoms. The van der Waals surface area contributed by atoms with Crippen LogP contribution in [0, 0.1) is 12.8 Å². The highest BCUT2D eigenvalue weighted by molar-refractivity contribution is 7.89. The molecule has 8 nitrogen and oxygen atoms in total. The van der Waals surface area contributed by atoms with Crippen LogP contribution in [0.4, 0.5) is 0 Å². The highest BCUT2D eigenvalue weighted by Gasteiger charge is 2.54. The highest BCUT2D eigenvalue weighted by atomic mass is 32.2. The average Bonchev–Trinajstić information content (AvgIpc) is 3.11. The Kier molecular flexibility index (Phi) is 8.45. The van der Waals surface area contributed by atoms with E-state index in [1.165, 1.54) is 8.61 Å². The number of carbonyl (C=O) groups excluding carboxylic acids is 1. The van der Waals surface area contributed by atoms with E-state index in [2.05, 4.69) is 0 Å². The minimum Gasteiger partial charge on any atom is -0.497 e. The van der Waals surface area contributed by atoms with Crippen molar-refractivity contribution in [3.63, 3.8) is 0 Å². The molecule has 2 aliphatic rings. The summed E-state index contributed by atoms with van der Waals surface area (Å²) in [5.74, 6) is -0.420. The largest absolute Gasteiger partial charge is 0.497 e. The van der Waals surface area contributed by atoms with Crippen LogP contribution in [0.2, 0.25) is 0 Å². The van der Waals surface area contributed by atoms with E-state index >= 15 is 0 Å². The number of ether oxygens (including phenoxy) is 1. The van der Waals surface area contributed by atoms with Crippen molar-refractivity contribution in [1.29, 1.82) is 0 Å². The van der Waals surface area contributed by atoms with Crippen LogP contribution >= 0.6 is 0 Å². The number of sulfonamides is 2. The third-order valence-electron chi connectivity index (χ3n) is 9.72. The van der Waals surface area contributed by atoms with Crippen molar-refractivity contribution >= 4 is 36.6 Å². The molecule has 0 aliphatic carbocycles. The molecule has 10 heteroatoms. The summed E-state index contributed by atoms with van der Waals surface area (Å²) in [5.41, 5.74) is 2.35. The highest BCUT2D eigenvalue weighted by Crippen LogP contribution is 2.49. The molecule has 0 saturated carbocycles. The molecule has 2 aliphatic heterocycles. The lowest BCUT2D eigenvalue weighted by Gasteiger charge is -2.51. The number of hydrogen-bond donors (Lipinski definition) is 0. The fraction of sp³-hybridized carbons (Fsp3) is 0.237. The molecule has 2 heterocycles. The second-order valence-corrected chi connectivity index (χ2v) is 16.2. The van der Waals surface area contributed by atoms with Gasteiger partial charge in [0.15, 0.2) is 0 Å². The number of hydrogen-bond acceptors (Lipinski definition) is 6. The molecule has 2 saturated heterocycles. The van der Waals surface area contributed by atoms with Crippen LogP contribution in [-0.4, -0.2) is 50.9 Å². The Labute approximate surface area is 281 Å². The maximum atomic E-state index is 14.9. The molecule has 0 amide bonds. The second kappa shape index (κ2) is 12.6. The predicted molar refractivity (Wildman–Crippen MR) is 184 cm³/mol. The van der Waals surface area contributed by atoms with Crippen molar-refractivity contribution in [2.45, 2.75) is 47.7 Å². The first-order chi connectivity index (χ1) is 23.1. The molecule has 48 heavy (non-hydrogen) atoms. The molecule has 0 unspecified atom stereocenters. The Bertz CT molecular complexity index is 2180. The van der Waals surface area contributed by atoms with E-state index < -0.39 is 44.1 Å². The van der Waals surface area contributed by atoms with Crippen molar-refractivity contribution in [3.05, 3.63) is 138 Å². The van der Waals surface area contributed by atoms with Crippen LogP contribution in [0.3, 0.4) is 0 Å². The normalized spacial score (nSPS) is 22.3. The minimum absolute atomic E-state index is 0.0767. The van der Waals surface area contributed by atoms with Gasteiger partial charge in [-0.3, -0.25) is 4.79 Å². The number of aryl methyl sites for hydroxylation is 1. The third-order valence-corrected chi connectivity index (χ3v) is 13.6. The van der Waals surface area contributed by atoms with Gasteiger partial charge in [-0.1, -0.05) is 90.5 Å². The summed E-state index contributed by atoms with van der Waals surface area (Å²) in [5, 5.41) is 1.81. The SMILES string of the molecule is COc1ccc([C@@H]2C[C@H]3[C@@H](CN2S(=O)(=O)c2ccccc2)C(=O)C[C@@H](c2cccc4ccccc24)N3S(=O)(=O)c2ccc(C)cc2)cc1. The Balaban J connectivity index is 1.41. The van der Waals surface area contributed by atoms with Crippen molar-refractivity contribution in [2.24, 2.45) is 5.92 Å². The Morgan fingerprint density at radius 2 is 1.33 bits per heavy atom. The van der Waals surface area contributed by atoms with Gasteiger partial charge in [0.05, 0.1) is 29.0 Å². The Hall–Kier alpha value is -4.35. The van der Waals surface area contributed by atoms with Crippen molar-refractivity contribution in [3.8, 4) is 5.75 Å². The summed E-state index contributed by atoms with van der Waals surface area (Å²) in [7, 11) is -6.68. The zero-order valence-corrected chi connectivity index (χ0v) is 28.3. The fourth-order valence-electron chi connectivity index (χ4n) is 7.30. The fourth-order valence-corrected chi connectivity index (χ4v) is 10.8. The second-order valence-electron chi connectivity index (χ2n) is 12.5. The third kappa shape index (κ3) is 5.62. The van der Waals surface area contributed by atoms with E-state index in [1.807, 2.05) is 61.5 Å². The van der Waals surface area contributed by atoms with E-state index in [0.717, 1.165) is 21.9 Å². The smallest absolute Gasteiger partial charge is 0.243 e. The molecule has 246 valence electrons. The van der Waals surface area contributed by atoms with Crippen LogP contribution in [0.15, 0.2) is 131 Å². The number of nitrogens with zero attached hydrogens (tertiary/aromatic N) is 2. The Morgan fingerprint density at radius 1 is 0.688 bits per heavy atom. The van der Waals surface area contributed by atoms with Gasteiger partial charge in [-0.2, -0.15) is 8.61 Å². The van der Waals surface area contributed by atoms with Gasteiger partial charge in [-0.25, -0.2) is 16.8 Å². The van der Waals surface area contributed by atoms with Crippen LogP contribution in [0.25, 0.3) is 10.8 Å². The first kappa shape index (κ1) is 32.2. The monoisotopic (exact) mass is 680 g/mol. The lowest BCUT2D eigenvalue weighted by molar-refractivity contribution is -0.132. The van der Waals surface area contributed by atoms with Gasteiger partial charge < -0.3 is 4.74 Å². The van der Waals surface area contributed by atoms with Gasteiger partial charge in [-0.15, -0.1) is 0 Å². The number of Topliss-reactive ketones (excluding diaryl/α,β-unsaturated/α-hetero) is 1. The standard InChI is InChI=1S/C38H36N2O6S2/c1-26-15-21-31(22-16-26)48(44,45)40-36-23-35(28-17-19-29(46-2)20-18-28)39(47(42,43)30-11-4-3-5-12-30)25-34(36)38(41)24-37(40)33-14-8-10-27-9-6-7-13-32(27)33/h3-22,34-37H,23-25H2,1-2H3/t34-,35+,36+,37+/m1/s1. The zero-order chi connectivity index (χ0) is 33.6. The van der Waals surface area contributed by atoms with Gasteiger partial charge in [0.25, 0.3) is 0 Å². The van der Waals surface area contributed by atoms with Gasteiger partial charge in [-0.05, 0) is 71.6 Å². The van der Waals surface area contributed by atoms with Crippen LogP contribution < -0.4 is 4.74 Å². The summed E-state index contributed by atoms with van der Waals surface area (Å²) < 4.78 is 66.6. The average molecular weight is 681 g/mol. The molecule has 7 rings (SSSR count). The molecular weight excluding hydrogens is 645 g/mol. The molecule has 0 bridgehead atoms. The molecule has 5 aromatic carbocycles. The van der Waals surface area contributed by atoms with E-state index in [0.29, 0.717) is 11.3 Å². The van der Waals surface area contributed by atoms with Gasteiger partial charge in [0.1, 0.15) is 11.5 Å². The van der Waals surface area contributed by atoms with Gasteiger partial charge in [0, 0.05) is 24.9 Å². The summed E-state index contributed by atoms with van der Waals surface area (Å²) in [6.07, 6.45) is 0.00779. The molecule has 2 fully saturated rings. The number of rotatable bonds is 7. The first-order valence-corrected chi connectivity index (χ1v) is 18.8. The number of benzene rings is 5. The predicted octanol–water partition coefficient (Wildman–Crippen LogP) is 6.68. The molecule has 4 atom stereocenters. The van der Waals surface area contributed by atoms with Crippen LogP contribution in [-0.2, 0) is 24.8 Å². The topological polar surface area (TPSA) is 101 Å². The van der Waals surface area contributed by atoms with E-state index in [1.54, 1.807) is 73.8 Å². The lowest BCUT2D eigenvalue weighted by atomic mass is 9.77. The molecule has 0 radical (unpaired) electrons. The molecule has 0 aromatic heterocycles. The first-order valence-electron chi connectivity index (χ1n) is 15.9. The number of piperidine rings is 2.